The van der Waals surface area contributed by atoms with Gasteiger partial charge in [-0.05, 0) is 20.9 Å². The third-order valence-electron chi connectivity index (χ3n) is 2.10. The number of hydrogen-bond acceptors (Lipinski definition) is 4. The Morgan fingerprint density at radius 2 is 1.86 bits per heavy atom. The van der Waals surface area contributed by atoms with Crippen molar-refractivity contribution < 1.29 is 9.53 Å². The van der Waals surface area contributed by atoms with Crippen molar-refractivity contribution in [2.45, 2.75) is 20.0 Å². The smallest absolute Gasteiger partial charge is 0.422 e. The van der Waals surface area contributed by atoms with Gasteiger partial charge < -0.3 is 9.64 Å². The van der Waals surface area contributed by atoms with Crippen molar-refractivity contribution in [2.24, 2.45) is 0 Å². The number of likely N-dealkylation sites (N-methyl/N-ethyl adjacent to an activating group) is 1. The maximum absolute atomic E-state index is 11.2. The lowest BCUT2D eigenvalue weighted by atomic mass is 10.4. The SMILES string of the molecule is CC(C)OC(=O)NN1CCN(C)CC1. The predicted molar refractivity (Wildman–Crippen MR) is 53.8 cm³/mol. The molecule has 0 spiro atoms. The minimum Gasteiger partial charge on any atom is -0.446 e. The summed E-state index contributed by atoms with van der Waals surface area (Å²) in [5, 5.41) is 1.89. The molecule has 0 saturated carbocycles. The number of rotatable bonds is 2. The maximum Gasteiger partial charge on any atom is 0.422 e. The monoisotopic (exact) mass is 201 g/mol. The zero-order chi connectivity index (χ0) is 10.6. The molecule has 0 aromatic rings. The quantitative estimate of drug-likeness (QED) is 0.697. The fourth-order valence-electron chi connectivity index (χ4n) is 1.29. The van der Waals surface area contributed by atoms with Crippen molar-refractivity contribution in [1.82, 2.24) is 15.3 Å². The summed E-state index contributed by atoms with van der Waals surface area (Å²) in [5.74, 6) is 0. The fraction of sp³-hybridized carbons (Fsp3) is 0.889. The molecule has 1 aliphatic rings. The number of hydrazine groups is 1. The van der Waals surface area contributed by atoms with Gasteiger partial charge in [0, 0.05) is 26.2 Å². The topological polar surface area (TPSA) is 44.8 Å². The van der Waals surface area contributed by atoms with Crippen molar-refractivity contribution >= 4 is 6.09 Å². The van der Waals surface area contributed by atoms with Crippen LogP contribution in [0.1, 0.15) is 13.8 Å². The van der Waals surface area contributed by atoms with Crippen molar-refractivity contribution in [3.05, 3.63) is 0 Å². The van der Waals surface area contributed by atoms with Crippen LogP contribution < -0.4 is 5.43 Å². The zero-order valence-electron chi connectivity index (χ0n) is 9.12. The molecule has 0 aromatic carbocycles. The number of carbonyl (C=O) groups is 1. The van der Waals surface area contributed by atoms with Gasteiger partial charge in [-0.15, -0.1) is 0 Å². The Morgan fingerprint density at radius 1 is 1.29 bits per heavy atom. The number of nitrogens with one attached hydrogen (secondary N) is 1. The number of hydrogen-bond donors (Lipinski definition) is 1. The Morgan fingerprint density at radius 3 is 2.36 bits per heavy atom. The first-order valence-corrected chi connectivity index (χ1v) is 4.98. The van der Waals surface area contributed by atoms with Crippen LogP contribution in [0, 0.1) is 0 Å². The van der Waals surface area contributed by atoms with E-state index in [4.69, 9.17) is 4.74 Å². The van der Waals surface area contributed by atoms with Crippen LogP contribution in [0.25, 0.3) is 0 Å². The van der Waals surface area contributed by atoms with E-state index in [1.807, 2.05) is 18.9 Å². The van der Waals surface area contributed by atoms with E-state index in [9.17, 15) is 4.79 Å². The molecule has 0 unspecified atom stereocenters. The lowest BCUT2D eigenvalue weighted by Crippen LogP contribution is -2.52. The zero-order valence-corrected chi connectivity index (χ0v) is 9.12. The van der Waals surface area contributed by atoms with Gasteiger partial charge in [0.1, 0.15) is 0 Å². The van der Waals surface area contributed by atoms with Gasteiger partial charge in [0.05, 0.1) is 6.10 Å². The second-order valence-corrected chi connectivity index (χ2v) is 3.86. The molecule has 1 aliphatic heterocycles. The van der Waals surface area contributed by atoms with Gasteiger partial charge in [-0.25, -0.2) is 9.80 Å². The summed E-state index contributed by atoms with van der Waals surface area (Å²) in [6.45, 7) is 7.32. The van der Waals surface area contributed by atoms with E-state index in [0.717, 1.165) is 26.2 Å². The van der Waals surface area contributed by atoms with Crippen LogP contribution in [0.4, 0.5) is 4.79 Å². The number of nitrogens with zero attached hydrogens (tertiary/aromatic N) is 2. The third-order valence-corrected chi connectivity index (χ3v) is 2.10. The lowest BCUT2D eigenvalue weighted by Gasteiger charge is -2.32. The van der Waals surface area contributed by atoms with Crippen LogP contribution >= 0.6 is 0 Å². The van der Waals surface area contributed by atoms with Crippen molar-refractivity contribution in [3.8, 4) is 0 Å². The Balaban J connectivity index is 2.20. The van der Waals surface area contributed by atoms with Gasteiger partial charge in [0.15, 0.2) is 0 Å². The molecule has 1 rings (SSSR count). The lowest BCUT2D eigenvalue weighted by molar-refractivity contribution is 0.0624. The Labute approximate surface area is 85.0 Å². The Hall–Kier alpha value is -0.810. The van der Waals surface area contributed by atoms with E-state index in [-0.39, 0.29) is 12.2 Å². The molecule has 5 nitrogen and oxygen atoms in total. The van der Waals surface area contributed by atoms with Crippen molar-refractivity contribution in [2.75, 3.05) is 33.2 Å². The predicted octanol–water partition coefficient (Wildman–Crippen LogP) is 0.283. The van der Waals surface area contributed by atoms with Crippen molar-refractivity contribution in [3.63, 3.8) is 0 Å². The summed E-state index contributed by atoms with van der Waals surface area (Å²) in [5.41, 5.74) is 2.72. The molecule has 1 saturated heterocycles. The molecule has 0 aromatic heterocycles. The highest BCUT2D eigenvalue weighted by atomic mass is 16.6. The van der Waals surface area contributed by atoms with Gasteiger partial charge in [0.2, 0.25) is 0 Å². The molecule has 0 aliphatic carbocycles. The number of amides is 1. The third kappa shape index (κ3) is 3.93. The highest BCUT2D eigenvalue weighted by molar-refractivity contribution is 5.66. The minimum atomic E-state index is -0.357. The highest BCUT2D eigenvalue weighted by Gasteiger charge is 2.16. The van der Waals surface area contributed by atoms with Crippen LogP contribution in [0.2, 0.25) is 0 Å². The van der Waals surface area contributed by atoms with E-state index in [1.54, 1.807) is 0 Å². The van der Waals surface area contributed by atoms with Gasteiger partial charge in [-0.1, -0.05) is 0 Å². The molecule has 0 atom stereocenters. The first kappa shape index (κ1) is 11.3. The first-order chi connectivity index (χ1) is 6.58. The largest absolute Gasteiger partial charge is 0.446 e. The highest BCUT2D eigenvalue weighted by Crippen LogP contribution is 1.96. The normalized spacial score (nSPS) is 19.7. The number of carbonyl (C=O) groups excluding carboxylic acids is 1. The summed E-state index contributed by atoms with van der Waals surface area (Å²) >= 11 is 0. The van der Waals surface area contributed by atoms with E-state index in [0.29, 0.717) is 0 Å². The molecule has 82 valence electrons. The van der Waals surface area contributed by atoms with Crippen LogP contribution in [-0.4, -0.2) is 55.3 Å². The molecule has 0 radical (unpaired) electrons. The minimum absolute atomic E-state index is 0.0672. The van der Waals surface area contributed by atoms with Gasteiger partial charge >= 0.3 is 6.09 Å². The molecule has 1 N–H and O–H groups in total. The maximum atomic E-state index is 11.2. The van der Waals surface area contributed by atoms with E-state index < -0.39 is 0 Å². The summed E-state index contributed by atoms with van der Waals surface area (Å²) in [4.78, 5) is 13.4. The molecular formula is C9H19N3O2. The standard InChI is InChI=1S/C9H19N3O2/c1-8(2)14-9(13)10-12-6-4-11(3)5-7-12/h8H,4-7H2,1-3H3,(H,10,13). The molecule has 5 heteroatoms. The van der Waals surface area contributed by atoms with Gasteiger partial charge in [0.25, 0.3) is 0 Å². The Bertz CT molecular complexity index is 188. The summed E-state index contributed by atoms with van der Waals surface area (Å²) < 4.78 is 4.97. The summed E-state index contributed by atoms with van der Waals surface area (Å²) in [6, 6.07) is 0. The van der Waals surface area contributed by atoms with E-state index in [2.05, 4.69) is 17.4 Å². The van der Waals surface area contributed by atoms with Gasteiger partial charge in [-0.3, -0.25) is 5.43 Å². The molecule has 1 heterocycles. The summed E-state index contributed by atoms with van der Waals surface area (Å²) in [6.07, 6.45) is -0.424. The van der Waals surface area contributed by atoms with E-state index in [1.165, 1.54) is 0 Å². The average molecular weight is 201 g/mol. The first-order valence-electron chi connectivity index (χ1n) is 4.98. The Kier molecular flexibility index (Phi) is 4.16. The fourth-order valence-corrected chi connectivity index (χ4v) is 1.29. The van der Waals surface area contributed by atoms with Crippen LogP contribution in [0.3, 0.4) is 0 Å². The van der Waals surface area contributed by atoms with Gasteiger partial charge in [-0.2, -0.15) is 0 Å². The number of ether oxygens (including phenoxy) is 1. The molecule has 14 heavy (non-hydrogen) atoms. The molecule has 0 bridgehead atoms. The van der Waals surface area contributed by atoms with E-state index >= 15 is 0 Å². The number of piperazine rings is 1. The average Bonchev–Trinajstić information content (AvgIpc) is 2.07. The molecule has 1 fully saturated rings. The van der Waals surface area contributed by atoms with Crippen LogP contribution in [0.5, 0.6) is 0 Å². The summed E-state index contributed by atoms with van der Waals surface area (Å²) in [7, 11) is 2.07. The van der Waals surface area contributed by atoms with Crippen LogP contribution in [0.15, 0.2) is 0 Å². The molecule has 1 amide bonds. The second kappa shape index (κ2) is 5.17. The second-order valence-electron chi connectivity index (χ2n) is 3.86. The van der Waals surface area contributed by atoms with Crippen LogP contribution in [-0.2, 0) is 4.74 Å². The molecular weight excluding hydrogens is 182 g/mol. The van der Waals surface area contributed by atoms with Crippen molar-refractivity contribution in [1.29, 1.82) is 0 Å².